The van der Waals surface area contributed by atoms with E-state index in [0.717, 1.165) is 24.2 Å². The minimum absolute atomic E-state index is 0.00576. The van der Waals surface area contributed by atoms with Crippen LogP contribution in [0.5, 0.6) is 0 Å². The Bertz CT molecular complexity index is 604. The summed E-state index contributed by atoms with van der Waals surface area (Å²) in [6, 6.07) is 3.49. The minimum atomic E-state index is 0.00576. The molecule has 0 saturated carbocycles. The molecule has 19 heavy (non-hydrogen) atoms. The zero-order valence-electron chi connectivity index (χ0n) is 10.9. The molecule has 0 spiro atoms. The second kappa shape index (κ2) is 5.47. The summed E-state index contributed by atoms with van der Waals surface area (Å²) in [5, 5.41) is 20.0. The first-order valence-corrected chi connectivity index (χ1v) is 6.09. The normalized spacial score (nSPS) is 11.8. The van der Waals surface area contributed by atoms with Gasteiger partial charge in [0.05, 0.1) is 17.1 Å². The Labute approximate surface area is 110 Å². The molecule has 0 fully saturated rings. The topological polar surface area (TPSA) is 102 Å². The highest BCUT2D eigenvalue weighted by molar-refractivity contribution is 5.96. The number of nitrogens with two attached hydrogens (primary N) is 1. The Hall–Kier alpha value is -2.44. The van der Waals surface area contributed by atoms with Gasteiger partial charge in [-0.05, 0) is 25.0 Å². The molecule has 2 heterocycles. The van der Waals surface area contributed by atoms with Crippen molar-refractivity contribution >= 4 is 5.84 Å². The average molecular weight is 260 g/mol. The first-order chi connectivity index (χ1) is 9.21. The fraction of sp³-hybridized carbons (Fsp3) is 0.333. The van der Waals surface area contributed by atoms with Crippen molar-refractivity contribution in [3.63, 3.8) is 0 Å². The van der Waals surface area contributed by atoms with Crippen molar-refractivity contribution < 1.29 is 5.21 Å². The second-order valence-corrected chi connectivity index (χ2v) is 3.96. The van der Waals surface area contributed by atoms with Gasteiger partial charge in [-0.2, -0.15) is 0 Å². The van der Waals surface area contributed by atoms with Gasteiger partial charge in [-0.1, -0.05) is 19.0 Å². The molecular weight excluding hydrogens is 244 g/mol. The summed E-state index contributed by atoms with van der Waals surface area (Å²) in [5.41, 5.74) is 7.93. The predicted molar refractivity (Wildman–Crippen MR) is 70.4 cm³/mol. The molecule has 7 heteroatoms. The van der Waals surface area contributed by atoms with Gasteiger partial charge in [0.25, 0.3) is 5.95 Å². The number of hydrogen-bond acceptors (Lipinski definition) is 5. The van der Waals surface area contributed by atoms with Crippen LogP contribution < -0.4 is 5.73 Å². The van der Waals surface area contributed by atoms with Crippen molar-refractivity contribution in [3.8, 4) is 5.95 Å². The van der Waals surface area contributed by atoms with E-state index < -0.39 is 0 Å². The molecule has 0 unspecified atom stereocenters. The smallest absolute Gasteiger partial charge is 0.254 e. The van der Waals surface area contributed by atoms with E-state index in [2.05, 4.69) is 20.3 Å². The number of hydrogen-bond donors (Lipinski definition) is 2. The summed E-state index contributed by atoms with van der Waals surface area (Å²) >= 11 is 0. The lowest BCUT2D eigenvalue weighted by Crippen LogP contribution is -2.19. The molecule has 100 valence electrons. The molecule has 0 saturated heterocycles. The van der Waals surface area contributed by atoms with E-state index in [-0.39, 0.29) is 5.84 Å². The lowest BCUT2D eigenvalue weighted by atomic mass is 10.2. The quantitative estimate of drug-likeness (QED) is 0.368. The van der Waals surface area contributed by atoms with E-state index >= 15 is 0 Å². The van der Waals surface area contributed by atoms with Crippen molar-refractivity contribution in [1.29, 1.82) is 0 Å². The van der Waals surface area contributed by atoms with Gasteiger partial charge < -0.3 is 10.9 Å². The van der Waals surface area contributed by atoms with Crippen LogP contribution in [0.4, 0.5) is 0 Å². The number of oxime groups is 1. The van der Waals surface area contributed by atoms with Gasteiger partial charge in [-0.15, -0.1) is 10.2 Å². The zero-order valence-corrected chi connectivity index (χ0v) is 10.9. The second-order valence-electron chi connectivity index (χ2n) is 3.96. The van der Waals surface area contributed by atoms with Crippen LogP contribution in [0.25, 0.3) is 5.95 Å². The third kappa shape index (κ3) is 2.40. The first kappa shape index (κ1) is 13.0. The summed E-state index contributed by atoms with van der Waals surface area (Å²) < 4.78 is 1.64. The number of amidine groups is 1. The Morgan fingerprint density at radius 2 is 2.05 bits per heavy atom. The average Bonchev–Trinajstić information content (AvgIpc) is 2.95. The minimum Gasteiger partial charge on any atom is -0.409 e. The van der Waals surface area contributed by atoms with Gasteiger partial charge >= 0.3 is 0 Å². The van der Waals surface area contributed by atoms with E-state index in [9.17, 15) is 0 Å². The Balaban J connectivity index is 2.51. The van der Waals surface area contributed by atoms with Crippen molar-refractivity contribution in [2.24, 2.45) is 10.9 Å². The van der Waals surface area contributed by atoms with Gasteiger partial charge in [-0.3, -0.25) is 4.57 Å². The van der Waals surface area contributed by atoms with E-state index in [1.54, 1.807) is 22.9 Å². The molecule has 0 aliphatic carbocycles. The van der Waals surface area contributed by atoms with Crippen LogP contribution in [0, 0.1) is 0 Å². The third-order valence-corrected chi connectivity index (χ3v) is 2.83. The van der Waals surface area contributed by atoms with Gasteiger partial charge in [-0.25, -0.2) is 4.98 Å². The molecule has 0 radical (unpaired) electrons. The largest absolute Gasteiger partial charge is 0.409 e. The van der Waals surface area contributed by atoms with Crippen molar-refractivity contribution in [3.05, 3.63) is 35.4 Å². The maximum Gasteiger partial charge on any atom is 0.254 e. The fourth-order valence-electron chi connectivity index (χ4n) is 1.85. The summed E-state index contributed by atoms with van der Waals surface area (Å²) in [4.78, 5) is 4.48. The van der Waals surface area contributed by atoms with Crippen molar-refractivity contribution in [2.45, 2.75) is 26.7 Å². The van der Waals surface area contributed by atoms with Crippen molar-refractivity contribution in [1.82, 2.24) is 19.7 Å². The van der Waals surface area contributed by atoms with Crippen LogP contribution in [0.3, 0.4) is 0 Å². The third-order valence-electron chi connectivity index (χ3n) is 2.83. The molecule has 0 amide bonds. The molecule has 7 nitrogen and oxygen atoms in total. The fourth-order valence-corrected chi connectivity index (χ4v) is 1.85. The van der Waals surface area contributed by atoms with E-state index in [4.69, 9.17) is 10.9 Å². The van der Waals surface area contributed by atoms with Crippen LogP contribution in [0.15, 0.2) is 23.5 Å². The highest BCUT2D eigenvalue weighted by Crippen LogP contribution is 2.11. The molecule has 3 N–H and O–H groups in total. The molecule has 2 aromatic heterocycles. The summed E-state index contributed by atoms with van der Waals surface area (Å²) in [5.74, 6) is 0.423. The predicted octanol–water partition coefficient (Wildman–Crippen LogP) is 0.882. The molecule has 0 bridgehead atoms. The van der Waals surface area contributed by atoms with Gasteiger partial charge in [0, 0.05) is 6.20 Å². The molecule has 2 rings (SSSR count). The first-order valence-electron chi connectivity index (χ1n) is 6.09. The molecule has 0 aliphatic rings. The van der Waals surface area contributed by atoms with E-state index in [1.165, 1.54) is 0 Å². The van der Waals surface area contributed by atoms with E-state index in [1.807, 2.05) is 13.8 Å². The molecular formula is C12H16N6O. The summed E-state index contributed by atoms with van der Waals surface area (Å²) in [6.45, 7) is 4.04. The maximum absolute atomic E-state index is 8.75. The Kier molecular flexibility index (Phi) is 3.74. The Morgan fingerprint density at radius 1 is 1.32 bits per heavy atom. The van der Waals surface area contributed by atoms with Gasteiger partial charge in [0.1, 0.15) is 0 Å². The molecule has 2 aromatic rings. The SMILES string of the molecule is CCc1nnc(-n2cccc2/C(N)=N/O)nc1CC. The summed E-state index contributed by atoms with van der Waals surface area (Å²) in [6.07, 6.45) is 3.32. The number of nitrogens with zero attached hydrogens (tertiary/aromatic N) is 5. The zero-order chi connectivity index (χ0) is 13.8. The van der Waals surface area contributed by atoms with Gasteiger partial charge in [0.2, 0.25) is 0 Å². The molecule has 0 aliphatic heterocycles. The number of aromatic nitrogens is 4. The maximum atomic E-state index is 8.75. The molecule has 0 aromatic carbocycles. The van der Waals surface area contributed by atoms with Gasteiger partial charge in [0.15, 0.2) is 5.84 Å². The van der Waals surface area contributed by atoms with Crippen LogP contribution >= 0.6 is 0 Å². The van der Waals surface area contributed by atoms with Crippen molar-refractivity contribution in [2.75, 3.05) is 0 Å². The highest BCUT2D eigenvalue weighted by atomic mass is 16.4. The van der Waals surface area contributed by atoms with Crippen LogP contribution in [-0.2, 0) is 12.8 Å². The lowest BCUT2D eigenvalue weighted by Gasteiger charge is -2.08. The van der Waals surface area contributed by atoms with Crippen LogP contribution in [0.2, 0.25) is 0 Å². The summed E-state index contributed by atoms with van der Waals surface area (Å²) in [7, 11) is 0. The monoisotopic (exact) mass is 260 g/mol. The highest BCUT2D eigenvalue weighted by Gasteiger charge is 2.12. The lowest BCUT2D eigenvalue weighted by molar-refractivity contribution is 0.318. The molecule has 0 atom stereocenters. The Morgan fingerprint density at radius 3 is 2.68 bits per heavy atom. The van der Waals surface area contributed by atoms with E-state index in [0.29, 0.717) is 11.6 Å². The van der Waals surface area contributed by atoms with Crippen LogP contribution in [-0.4, -0.2) is 30.8 Å². The standard InChI is InChI=1S/C12H16N6O/c1-3-8-9(4-2)15-16-12(14-8)18-7-5-6-10(18)11(13)17-19/h5-7,19H,3-4H2,1-2H3,(H2,13,17). The number of rotatable bonds is 4. The van der Waals surface area contributed by atoms with Crippen LogP contribution in [0.1, 0.15) is 30.9 Å². The number of aryl methyl sites for hydroxylation is 2.